The number of carboxylic acid groups (broad SMARTS) is 2. The molecule has 1 rings (SSSR count). The largest absolute Gasteiger partial charge is 0.481 e. The maximum atomic E-state index is 11.7. The Labute approximate surface area is 117 Å². The van der Waals surface area contributed by atoms with Gasteiger partial charge < -0.3 is 21.3 Å². The Hall–Kier alpha value is -2.98. The van der Waals surface area contributed by atoms with Crippen LogP contribution in [0.15, 0.2) is 9.97 Å². The minimum Gasteiger partial charge on any atom is -0.481 e. The van der Waals surface area contributed by atoms with E-state index in [0.29, 0.717) is 0 Å². The Balaban J connectivity index is 3.10. The van der Waals surface area contributed by atoms with Gasteiger partial charge in [-0.25, -0.2) is 4.79 Å². The van der Waals surface area contributed by atoms with E-state index in [1.165, 1.54) is 7.05 Å². The first-order chi connectivity index (χ1) is 9.77. The molecule has 0 aromatic carbocycles. The molecule has 0 amide bonds. The molecule has 1 atom stereocenters. The van der Waals surface area contributed by atoms with Crippen molar-refractivity contribution in [1.82, 2.24) is 9.55 Å². The average Bonchev–Trinajstić information content (AvgIpc) is 2.39. The van der Waals surface area contributed by atoms with Gasteiger partial charge in [0.05, 0.1) is 0 Å². The highest BCUT2D eigenvalue weighted by atomic mass is 16.4. The summed E-state index contributed by atoms with van der Waals surface area (Å²) in [6.45, 7) is 0. The number of carboxylic acids is 2. The van der Waals surface area contributed by atoms with Crippen molar-refractivity contribution >= 4 is 29.4 Å². The van der Waals surface area contributed by atoms with E-state index in [2.05, 4.69) is 15.5 Å². The second-order valence-electron chi connectivity index (χ2n) is 4.09. The van der Waals surface area contributed by atoms with Crippen LogP contribution < -0.4 is 16.6 Å². The Morgan fingerprint density at radius 2 is 2.10 bits per heavy atom. The maximum absolute atomic E-state index is 11.7. The van der Waals surface area contributed by atoms with Crippen molar-refractivity contribution in [3.63, 3.8) is 0 Å². The fraction of sp³-hybridized carbons (Fsp3) is 0.400. The SMILES string of the molecule is Cn1c(NC(CCC(=O)O)C(=O)O)nc(N)c(N=O)c1=O. The molecule has 0 aliphatic rings. The van der Waals surface area contributed by atoms with Gasteiger partial charge in [0.15, 0.2) is 5.82 Å². The quantitative estimate of drug-likeness (QED) is 0.482. The third kappa shape index (κ3) is 3.75. The van der Waals surface area contributed by atoms with Gasteiger partial charge in [-0.2, -0.15) is 4.98 Å². The molecule has 0 spiro atoms. The predicted octanol–water partition coefficient (Wildman–Crippen LogP) is -0.510. The van der Waals surface area contributed by atoms with Crippen LogP contribution in [0.1, 0.15) is 12.8 Å². The topological polar surface area (TPSA) is 177 Å². The van der Waals surface area contributed by atoms with Crippen LogP contribution in [0.5, 0.6) is 0 Å². The third-order valence-electron chi connectivity index (χ3n) is 2.63. The van der Waals surface area contributed by atoms with Crippen LogP contribution in [0, 0.1) is 4.91 Å². The summed E-state index contributed by atoms with van der Waals surface area (Å²) in [6, 6.07) is -1.28. The van der Waals surface area contributed by atoms with E-state index in [1.807, 2.05) is 0 Å². The number of nitrogens with zero attached hydrogens (tertiary/aromatic N) is 3. The summed E-state index contributed by atoms with van der Waals surface area (Å²) in [5, 5.41) is 22.4. The summed E-state index contributed by atoms with van der Waals surface area (Å²) in [5.41, 5.74) is 3.95. The molecule has 114 valence electrons. The third-order valence-corrected chi connectivity index (χ3v) is 2.63. The lowest BCUT2D eigenvalue weighted by molar-refractivity contribution is -0.139. The molecular weight excluding hydrogens is 286 g/mol. The number of aromatic nitrogens is 2. The van der Waals surface area contributed by atoms with Gasteiger partial charge in [-0.15, -0.1) is 4.91 Å². The zero-order chi connectivity index (χ0) is 16.2. The van der Waals surface area contributed by atoms with Crippen molar-refractivity contribution in [3.8, 4) is 0 Å². The highest BCUT2D eigenvalue weighted by molar-refractivity contribution is 5.78. The highest BCUT2D eigenvalue weighted by Gasteiger charge is 2.22. The van der Waals surface area contributed by atoms with E-state index in [-0.39, 0.29) is 18.8 Å². The monoisotopic (exact) mass is 299 g/mol. The van der Waals surface area contributed by atoms with E-state index >= 15 is 0 Å². The van der Waals surface area contributed by atoms with Gasteiger partial charge in [-0.05, 0) is 11.6 Å². The van der Waals surface area contributed by atoms with Crippen LogP contribution in [0.4, 0.5) is 17.5 Å². The van der Waals surface area contributed by atoms with Crippen molar-refractivity contribution in [2.75, 3.05) is 11.1 Å². The fourth-order valence-corrected chi connectivity index (χ4v) is 1.50. The Kier molecular flexibility index (Phi) is 4.94. The van der Waals surface area contributed by atoms with Gasteiger partial charge in [0.1, 0.15) is 6.04 Å². The summed E-state index contributed by atoms with van der Waals surface area (Å²) < 4.78 is 0.865. The number of hydrogen-bond donors (Lipinski definition) is 4. The van der Waals surface area contributed by atoms with E-state index < -0.39 is 35.0 Å². The molecule has 11 nitrogen and oxygen atoms in total. The molecule has 1 unspecified atom stereocenters. The van der Waals surface area contributed by atoms with Crippen LogP contribution in [0.25, 0.3) is 0 Å². The number of anilines is 2. The number of rotatable bonds is 7. The Bertz CT molecular complexity index is 640. The summed E-state index contributed by atoms with van der Waals surface area (Å²) in [5.74, 6) is -3.13. The minimum atomic E-state index is -1.32. The first-order valence-corrected chi connectivity index (χ1v) is 5.69. The smallest absolute Gasteiger partial charge is 0.326 e. The second kappa shape index (κ2) is 6.45. The molecule has 5 N–H and O–H groups in total. The van der Waals surface area contributed by atoms with Crippen LogP contribution >= 0.6 is 0 Å². The summed E-state index contributed by atoms with van der Waals surface area (Å²) in [4.78, 5) is 47.4. The standard InChI is InChI=1S/C10H13N5O6/c1-15-8(18)6(14-21)7(11)13-10(15)12-4(9(19)20)2-3-5(16)17/h4H,2-3,11H2,1H3,(H,12,13)(H,16,17)(H,19,20). The zero-order valence-corrected chi connectivity index (χ0v) is 10.9. The number of nitrogens with two attached hydrogens (primary N) is 1. The number of nitrogen functional groups attached to an aromatic ring is 1. The molecule has 21 heavy (non-hydrogen) atoms. The molecule has 0 bridgehead atoms. The molecule has 0 saturated heterocycles. The molecule has 1 heterocycles. The molecule has 0 aliphatic carbocycles. The lowest BCUT2D eigenvalue weighted by Gasteiger charge is -2.16. The van der Waals surface area contributed by atoms with Crippen molar-refractivity contribution in [2.24, 2.45) is 12.2 Å². The molecule has 1 aromatic rings. The first kappa shape index (κ1) is 16.1. The van der Waals surface area contributed by atoms with Gasteiger partial charge in [-0.1, -0.05) is 0 Å². The fourth-order valence-electron chi connectivity index (χ4n) is 1.50. The molecule has 0 aliphatic heterocycles. The van der Waals surface area contributed by atoms with Crippen LogP contribution in [0.2, 0.25) is 0 Å². The number of carbonyl (C=O) groups is 2. The Morgan fingerprint density at radius 3 is 2.57 bits per heavy atom. The molecular formula is C10H13N5O6. The predicted molar refractivity (Wildman–Crippen MR) is 71.3 cm³/mol. The van der Waals surface area contributed by atoms with Crippen molar-refractivity contribution < 1.29 is 19.8 Å². The van der Waals surface area contributed by atoms with Crippen LogP contribution in [-0.4, -0.2) is 37.7 Å². The summed E-state index contributed by atoms with van der Waals surface area (Å²) in [6.07, 6.45) is -0.616. The zero-order valence-electron chi connectivity index (χ0n) is 10.9. The number of nitroso groups, excluding NO2 is 1. The molecule has 0 fully saturated rings. The van der Waals surface area contributed by atoms with E-state index in [1.54, 1.807) is 0 Å². The minimum absolute atomic E-state index is 0.206. The van der Waals surface area contributed by atoms with Gasteiger partial charge in [-0.3, -0.25) is 14.2 Å². The Morgan fingerprint density at radius 1 is 1.48 bits per heavy atom. The van der Waals surface area contributed by atoms with E-state index in [0.717, 1.165) is 4.57 Å². The molecule has 0 radical (unpaired) electrons. The number of hydrogen-bond acceptors (Lipinski definition) is 8. The maximum Gasteiger partial charge on any atom is 0.326 e. The second-order valence-corrected chi connectivity index (χ2v) is 4.09. The molecule has 1 aromatic heterocycles. The lowest BCUT2D eigenvalue weighted by atomic mass is 10.1. The van der Waals surface area contributed by atoms with Gasteiger partial charge in [0.2, 0.25) is 11.6 Å². The highest BCUT2D eigenvalue weighted by Crippen LogP contribution is 2.16. The molecule has 0 saturated carbocycles. The van der Waals surface area contributed by atoms with Gasteiger partial charge in [0, 0.05) is 13.5 Å². The van der Waals surface area contributed by atoms with Gasteiger partial charge >= 0.3 is 11.9 Å². The van der Waals surface area contributed by atoms with Crippen molar-refractivity contribution in [3.05, 3.63) is 15.3 Å². The van der Waals surface area contributed by atoms with Crippen LogP contribution in [-0.2, 0) is 16.6 Å². The number of aliphatic carboxylic acids is 2. The number of nitrogens with one attached hydrogen (secondary N) is 1. The average molecular weight is 299 g/mol. The summed E-state index contributed by atoms with van der Waals surface area (Å²) in [7, 11) is 1.24. The van der Waals surface area contributed by atoms with Crippen molar-refractivity contribution in [1.29, 1.82) is 0 Å². The van der Waals surface area contributed by atoms with E-state index in [9.17, 15) is 19.3 Å². The normalized spacial score (nSPS) is 11.7. The summed E-state index contributed by atoms with van der Waals surface area (Å²) >= 11 is 0. The van der Waals surface area contributed by atoms with Gasteiger partial charge in [0.25, 0.3) is 5.56 Å². The lowest BCUT2D eigenvalue weighted by Crippen LogP contribution is -2.34. The first-order valence-electron chi connectivity index (χ1n) is 5.69. The van der Waals surface area contributed by atoms with Crippen molar-refractivity contribution in [2.45, 2.75) is 18.9 Å². The van der Waals surface area contributed by atoms with Crippen LogP contribution in [0.3, 0.4) is 0 Å². The van der Waals surface area contributed by atoms with E-state index in [4.69, 9.17) is 15.9 Å². The molecule has 11 heteroatoms.